The molecule has 1 aromatic carbocycles. The van der Waals surface area contributed by atoms with E-state index >= 15 is 0 Å². The maximum atomic E-state index is 3.56. The zero-order chi connectivity index (χ0) is 13.0. The molecule has 0 spiro atoms. The predicted octanol–water partition coefficient (Wildman–Crippen LogP) is 4.22. The first-order chi connectivity index (χ1) is 8.70. The molecule has 0 amide bonds. The number of benzene rings is 1. The largest absolute Gasteiger partial charge is 0.308 e. The second kappa shape index (κ2) is 6.17. The van der Waals surface area contributed by atoms with E-state index in [1.54, 1.807) is 0 Å². The Morgan fingerprint density at radius 2 is 1.89 bits per heavy atom. The molecule has 1 N–H and O–H groups in total. The van der Waals surface area contributed by atoms with Gasteiger partial charge in [-0.3, -0.25) is 0 Å². The minimum atomic E-state index is 0.953. The van der Waals surface area contributed by atoms with Gasteiger partial charge in [0.15, 0.2) is 0 Å². The van der Waals surface area contributed by atoms with Crippen LogP contribution < -0.4 is 5.32 Å². The Hall–Kier alpha value is -1.12. The first-order valence-corrected chi connectivity index (χ1v) is 7.40. The summed E-state index contributed by atoms with van der Waals surface area (Å²) in [4.78, 5) is 1.47. The molecule has 18 heavy (non-hydrogen) atoms. The minimum absolute atomic E-state index is 0.953. The summed E-state index contributed by atoms with van der Waals surface area (Å²) in [5, 5.41) is 5.75. The highest BCUT2D eigenvalue weighted by atomic mass is 32.1. The number of thiophene rings is 1. The zero-order valence-electron chi connectivity index (χ0n) is 11.4. The number of rotatable bonds is 5. The van der Waals surface area contributed by atoms with Gasteiger partial charge in [-0.15, -0.1) is 11.3 Å². The van der Waals surface area contributed by atoms with Gasteiger partial charge >= 0.3 is 0 Å². The average molecular weight is 259 g/mol. The van der Waals surface area contributed by atoms with Crippen LogP contribution in [0.5, 0.6) is 0 Å². The molecule has 0 radical (unpaired) electrons. The first kappa shape index (κ1) is 13.3. The fourth-order valence-corrected chi connectivity index (χ4v) is 3.08. The Balaban J connectivity index is 1.94. The van der Waals surface area contributed by atoms with Crippen LogP contribution in [0.15, 0.2) is 29.6 Å². The second-order valence-corrected chi connectivity index (χ2v) is 5.76. The van der Waals surface area contributed by atoms with Gasteiger partial charge in [-0.2, -0.15) is 0 Å². The number of nitrogens with one attached hydrogen (secondary N) is 1. The third kappa shape index (κ3) is 3.21. The molecular formula is C16H21NS. The Labute approximate surface area is 114 Å². The van der Waals surface area contributed by atoms with Crippen LogP contribution in [0.4, 0.5) is 0 Å². The Bertz CT molecular complexity index is 514. The van der Waals surface area contributed by atoms with Crippen LogP contribution in [0.3, 0.4) is 0 Å². The molecule has 0 saturated carbocycles. The van der Waals surface area contributed by atoms with Crippen molar-refractivity contribution >= 4 is 11.3 Å². The Kier molecular flexibility index (Phi) is 4.56. The SMILES string of the molecule is CCc1ccsc1CNCc1cc(C)ccc1C. The normalized spacial score (nSPS) is 10.8. The van der Waals surface area contributed by atoms with E-state index in [9.17, 15) is 0 Å². The molecule has 0 aliphatic heterocycles. The van der Waals surface area contributed by atoms with Crippen molar-refractivity contribution in [2.45, 2.75) is 40.3 Å². The fraction of sp³-hybridized carbons (Fsp3) is 0.375. The minimum Gasteiger partial charge on any atom is -0.308 e. The Morgan fingerprint density at radius 3 is 2.67 bits per heavy atom. The van der Waals surface area contributed by atoms with Gasteiger partial charge in [-0.05, 0) is 48.4 Å². The van der Waals surface area contributed by atoms with Crippen LogP contribution in [-0.4, -0.2) is 0 Å². The summed E-state index contributed by atoms with van der Waals surface area (Å²) in [5.74, 6) is 0. The molecule has 2 heteroatoms. The van der Waals surface area contributed by atoms with Gasteiger partial charge in [-0.25, -0.2) is 0 Å². The smallest absolute Gasteiger partial charge is 0.0305 e. The van der Waals surface area contributed by atoms with Gasteiger partial charge in [-0.1, -0.05) is 30.7 Å². The van der Waals surface area contributed by atoms with Crippen molar-refractivity contribution in [3.63, 3.8) is 0 Å². The molecular weight excluding hydrogens is 238 g/mol. The number of hydrogen-bond donors (Lipinski definition) is 1. The van der Waals surface area contributed by atoms with Crippen LogP contribution >= 0.6 is 11.3 Å². The molecule has 0 saturated heterocycles. The van der Waals surface area contributed by atoms with Gasteiger partial charge in [0.1, 0.15) is 0 Å². The Morgan fingerprint density at radius 1 is 1.06 bits per heavy atom. The summed E-state index contributed by atoms with van der Waals surface area (Å²) in [6.45, 7) is 8.48. The monoisotopic (exact) mass is 259 g/mol. The molecule has 0 aliphatic rings. The summed E-state index contributed by atoms with van der Waals surface area (Å²) >= 11 is 1.85. The maximum absolute atomic E-state index is 3.56. The standard InChI is InChI=1S/C16H21NS/c1-4-14-7-8-18-16(14)11-17-10-15-9-12(2)5-6-13(15)3/h5-9,17H,4,10-11H2,1-3H3. The highest BCUT2D eigenvalue weighted by Gasteiger charge is 2.03. The predicted molar refractivity (Wildman–Crippen MR) is 80.2 cm³/mol. The highest BCUT2D eigenvalue weighted by molar-refractivity contribution is 7.10. The lowest BCUT2D eigenvalue weighted by Crippen LogP contribution is -2.13. The second-order valence-electron chi connectivity index (χ2n) is 4.76. The molecule has 1 aromatic heterocycles. The summed E-state index contributed by atoms with van der Waals surface area (Å²) in [5.41, 5.74) is 5.59. The third-order valence-corrected chi connectivity index (χ3v) is 4.29. The van der Waals surface area contributed by atoms with Gasteiger partial charge in [0.2, 0.25) is 0 Å². The van der Waals surface area contributed by atoms with Crippen molar-refractivity contribution in [3.8, 4) is 0 Å². The average Bonchev–Trinajstić information content (AvgIpc) is 2.81. The molecule has 0 aliphatic carbocycles. The number of aryl methyl sites for hydroxylation is 3. The van der Waals surface area contributed by atoms with E-state index in [0.29, 0.717) is 0 Å². The molecule has 0 fully saturated rings. The van der Waals surface area contributed by atoms with Crippen LogP contribution in [0.25, 0.3) is 0 Å². The summed E-state index contributed by atoms with van der Waals surface area (Å²) in [7, 11) is 0. The van der Waals surface area contributed by atoms with E-state index in [2.05, 4.69) is 55.7 Å². The maximum Gasteiger partial charge on any atom is 0.0305 e. The topological polar surface area (TPSA) is 12.0 Å². The van der Waals surface area contributed by atoms with Gasteiger partial charge < -0.3 is 5.32 Å². The molecule has 0 unspecified atom stereocenters. The van der Waals surface area contributed by atoms with Crippen LogP contribution in [0.2, 0.25) is 0 Å². The van der Waals surface area contributed by atoms with E-state index < -0.39 is 0 Å². The van der Waals surface area contributed by atoms with Crippen molar-refractivity contribution < 1.29 is 0 Å². The van der Waals surface area contributed by atoms with E-state index in [1.807, 2.05) is 11.3 Å². The quantitative estimate of drug-likeness (QED) is 0.848. The summed E-state index contributed by atoms with van der Waals surface area (Å²) in [6.07, 6.45) is 1.13. The molecule has 1 heterocycles. The molecule has 96 valence electrons. The molecule has 2 rings (SSSR count). The van der Waals surface area contributed by atoms with E-state index in [0.717, 1.165) is 19.5 Å². The zero-order valence-corrected chi connectivity index (χ0v) is 12.2. The number of hydrogen-bond acceptors (Lipinski definition) is 2. The van der Waals surface area contributed by atoms with Crippen LogP contribution in [0.1, 0.15) is 34.1 Å². The van der Waals surface area contributed by atoms with E-state index in [-0.39, 0.29) is 0 Å². The van der Waals surface area contributed by atoms with Crippen molar-refractivity contribution in [1.82, 2.24) is 5.32 Å². The van der Waals surface area contributed by atoms with Gasteiger partial charge in [0.05, 0.1) is 0 Å². The van der Waals surface area contributed by atoms with Crippen molar-refractivity contribution in [2.24, 2.45) is 0 Å². The molecule has 0 atom stereocenters. The molecule has 2 aromatic rings. The van der Waals surface area contributed by atoms with Gasteiger partial charge in [0.25, 0.3) is 0 Å². The lowest BCUT2D eigenvalue weighted by molar-refractivity contribution is 0.693. The van der Waals surface area contributed by atoms with Crippen molar-refractivity contribution in [2.75, 3.05) is 0 Å². The van der Waals surface area contributed by atoms with Crippen molar-refractivity contribution in [1.29, 1.82) is 0 Å². The lowest BCUT2D eigenvalue weighted by Gasteiger charge is -2.09. The fourth-order valence-electron chi connectivity index (χ4n) is 2.14. The van der Waals surface area contributed by atoms with Crippen LogP contribution in [-0.2, 0) is 19.5 Å². The van der Waals surface area contributed by atoms with E-state index in [1.165, 1.54) is 27.1 Å². The van der Waals surface area contributed by atoms with E-state index in [4.69, 9.17) is 0 Å². The third-order valence-electron chi connectivity index (χ3n) is 3.32. The first-order valence-electron chi connectivity index (χ1n) is 6.52. The molecule has 1 nitrogen and oxygen atoms in total. The van der Waals surface area contributed by atoms with Crippen molar-refractivity contribution in [3.05, 3.63) is 56.8 Å². The van der Waals surface area contributed by atoms with Crippen LogP contribution in [0, 0.1) is 13.8 Å². The summed E-state index contributed by atoms with van der Waals surface area (Å²) in [6, 6.07) is 8.89. The lowest BCUT2D eigenvalue weighted by atomic mass is 10.1. The summed E-state index contributed by atoms with van der Waals surface area (Å²) < 4.78 is 0. The molecule has 0 bridgehead atoms. The van der Waals surface area contributed by atoms with Gasteiger partial charge in [0, 0.05) is 18.0 Å². The highest BCUT2D eigenvalue weighted by Crippen LogP contribution is 2.17.